The molecule has 0 atom stereocenters. The van der Waals surface area contributed by atoms with Crippen molar-refractivity contribution in [1.29, 1.82) is 0 Å². The first-order chi connectivity index (χ1) is 7.65. The maximum Gasteiger partial charge on any atom is 0.343 e. The molecule has 0 saturated carbocycles. The van der Waals surface area contributed by atoms with Gasteiger partial charge in [-0.15, -0.1) is 0 Å². The van der Waals surface area contributed by atoms with Crippen LogP contribution in [0.5, 0.6) is 0 Å². The first kappa shape index (κ1) is 12.2. The third kappa shape index (κ3) is 3.35. The Kier molecular flexibility index (Phi) is 4.45. The van der Waals surface area contributed by atoms with Crippen molar-refractivity contribution in [2.24, 2.45) is 0 Å². The number of aryl methyl sites for hydroxylation is 1. The third-order valence-electron chi connectivity index (χ3n) is 2.17. The fraction of sp³-hybridized carbons (Fsp3) is 0.231. The fourth-order valence-electron chi connectivity index (χ4n) is 1.39. The van der Waals surface area contributed by atoms with Gasteiger partial charge >= 0.3 is 5.97 Å². The van der Waals surface area contributed by atoms with Crippen LogP contribution < -0.4 is 0 Å². The van der Waals surface area contributed by atoms with Crippen molar-refractivity contribution in [1.82, 2.24) is 0 Å². The smallest absolute Gasteiger partial charge is 0.343 e. The highest BCUT2D eigenvalue weighted by molar-refractivity contribution is 5.91. The zero-order chi connectivity index (χ0) is 12.0. The number of carbonyl (C=O) groups is 2. The quantitative estimate of drug-likeness (QED) is 0.563. The third-order valence-corrected chi connectivity index (χ3v) is 2.17. The lowest BCUT2D eigenvalue weighted by atomic mass is 10.0. The summed E-state index contributed by atoms with van der Waals surface area (Å²) in [5, 5.41) is 0. The highest BCUT2D eigenvalue weighted by Gasteiger charge is 2.11. The number of hydrogen-bond acceptors (Lipinski definition) is 3. The Balaban J connectivity index is 2.86. The molecule has 0 aromatic heterocycles. The molecule has 0 bridgehead atoms. The molecule has 0 unspecified atom stereocenters. The van der Waals surface area contributed by atoms with Crippen LogP contribution in [-0.2, 0) is 16.0 Å². The van der Waals surface area contributed by atoms with E-state index in [4.69, 9.17) is 4.74 Å². The van der Waals surface area contributed by atoms with Crippen LogP contribution in [0.15, 0.2) is 37.1 Å². The molecule has 1 aromatic rings. The number of carbonyl (C=O) groups excluding carboxylic acids is 2. The highest BCUT2D eigenvalue weighted by Crippen LogP contribution is 2.12. The molecule has 3 heteroatoms. The standard InChI is InChI=1S/C13H14O3/c1-3-16-13(15)12-7-5-4-6-11(12)9-8-10(2)14/h3-7H,1,8-9H2,2H3. The molecule has 0 spiro atoms. The fourth-order valence-corrected chi connectivity index (χ4v) is 1.39. The molecule has 0 radical (unpaired) electrons. The molecule has 0 amide bonds. The van der Waals surface area contributed by atoms with Crippen LogP contribution in [-0.4, -0.2) is 11.8 Å². The molecule has 0 aliphatic rings. The van der Waals surface area contributed by atoms with Crippen LogP contribution in [0.2, 0.25) is 0 Å². The molecular weight excluding hydrogens is 204 g/mol. The van der Waals surface area contributed by atoms with Gasteiger partial charge in [0.1, 0.15) is 5.78 Å². The predicted molar refractivity (Wildman–Crippen MR) is 61.1 cm³/mol. The van der Waals surface area contributed by atoms with Gasteiger partial charge in [0.15, 0.2) is 0 Å². The minimum atomic E-state index is -0.436. The lowest BCUT2D eigenvalue weighted by molar-refractivity contribution is -0.116. The maximum absolute atomic E-state index is 11.5. The van der Waals surface area contributed by atoms with Gasteiger partial charge in [-0.2, -0.15) is 0 Å². The van der Waals surface area contributed by atoms with E-state index < -0.39 is 5.97 Å². The van der Waals surface area contributed by atoms with Gasteiger partial charge in [0.05, 0.1) is 11.8 Å². The van der Waals surface area contributed by atoms with Gasteiger partial charge in [-0.3, -0.25) is 0 Å². The van der Waals surface area contributed by atoms with Gasteiger partial charge < -0.3 is 9.53 Å². The molecule has 16 heavy (non-hydrogen) atoms. The van der Waals surface area contributed by atoms with Gasteiger partial charge in [-0.1, -0.05) is 24.8 Å². The van der Waals surface area contributed by atoms with Gasteiger partial charge in [0.25, 0.3) is 0 Å². The number of ketones is 1. The molecule has 0 fully saturated rings. The van der Waals surface area contributed by atoms with Crippen molar-refractivity contribution in [3.8, 4) is 0 Å². The summed E-state index contributed by atoms with van der Waals surface area (Å²) < 4.78 is 4.72. The van der Waals surface area contributed by atoms with Gasteiger partial charge in [-0.25, -0.2) is 4.79 Å². The van der Waals surface area contributed by atoms with Crippen molar-refractivity contribution in [3.63, 3.8) is 0 Å². The van der Waals surface area contributed by atoms with Crippen LogP contribution in [0.4, 0.5) is 0 Å². The van der Waals surface area contributed by atoms with E-state index in [1.807, 2.05) is 12.1 Å². The summed E-state index contributed by atoms with van der Waals surface area (Å²) in [6, 6.07) is 7.10. The van der Waals surface area contributed by atoms with Gasteiger partial charge in [0.2, 0.25) is 0 Å². The average molecular weight is 218 g/mol. The zero-order valence-corrected chi connectivity index (χ0v) is 9.23. The van der Waals surface area contributed by atoms with Crippen molar-refractivity contribution in [2.45, 2.75) is 19.8 Å². The van der Waals surface area contributed by atoms with Gasteiger partial charge in [-0.05, 0) is 25.0 Å². The number of rotatable bonds is 5. The van der Waals surface area contributed by atoms with Gasteiger partial charge in [0, 0.05) is 6.42 Å². The van der Waals surface area contributed by atoms with Crippen LogP contribution in [0.1, 0.15) is 29.3 Å². The Morgan fingerprint density at radius 2 is 2.06 bits per heavy atom. The maximum atomic E-state index is 11.5. The molecule has 1 aromatic carbocycles. The lowest BCUT2D eigenvalue weighted by Gasteiger charge is -2.06. The molecule has 0 saturated heterocycles. The summed E-state index contributed by atoms with van der Waals surface area (Å²) in [6.07, 6.45) is 2.08. The average Bonchev–Trinajstić information content (AvgIpc) is 2.27. The van der Waals surface area contributed by atoms with Crippen molar-refractivity contribution in [2.75, 3.05) is 0 Å². The second-order valence-corrected chi connectivity index (χ2v) is 3.43. The SMILES string of the molecule is C=COC(=O)c1ccccc1CCC(C)=O. The van der Waals surface area contributed by atoms with Crippen molar-refractivity contribution < 1.29 is 14.3 Å². The molecular formula is C13H14O3. The second-order valence-electron chi connectivity index (χ2n) is 3.43. The molecule has 0 aliphatic carbocycles. The number of esters is 1. The monoisotopic (exact) mass is 218 g/mol. The largest absolute Gasteiger partial charge is 0.432 e. The Labute approximate surface area is 94.7 Å². The summed E-state index contributed by atoms with van der Waals surface area (Å²) in [6.45, 7) is 4.87. The Morgan fingerprint density at radius 3 is 2.69 bits per heavy atom. The molecule has 1 rings (SSSR count). The lowest BCUT2D eigenvalue weighted by Crippen LogP contribution is -2.06. The Hall–Kier alpha value is -1.90. The highest BCUT2D eigenvalue weighted by atomic mass is 16.5. The number of hydrogen-bond donors (Lipinski definition) is 0. The van der Waals surface area contributed by atoms with E-state index >= 15 is 0 Å². The molecule has 84 valence electrons. The number of benzene rings is 1. The normalized spacial score (nSPS) is 9.56. The predicted octanol–water partition coefficient (Wildman–Crippen LogP) is 2.51. The molecule has 3 nitrogen and oxygen atoms in total. The summed E-state index contributed by atoms with van der Waals surface area (Å²) in [7, 11) is 0. The van der Waals surface area contributed by atoms with Crippen molar-refractivity contribution >= 4 is 11.8 Å². The molecule has 0 N–H and O–H groups in total. The molecule has 0 aliphatic heterocycles. The van der Waals surface area contributed by atoms with E-state index in [0.29, 0.717) is 18.4 Å². The Bertz CT molecular complexity index is 407. The Morgan fingerprint density at radius 1 is 1.38 bits per heavy atom. The minimum Gasteiger partial charge on any atom is -0.432 e. The van der Waals surface area contributed by atoms with E-state index in [9.17, 15) is 9.59 Å². The van der Waals surface area contributed by atoms with Crippen LogP contribution >= 0.6 is 0 Å². The number of Topliss-reactive ketones (excluding diaryl/α,β-unsaturated/α-hetero) is 1. The minimum absolute atomic E-state index is 0.104. The first-order valence-electron chi connectivity index (χ1n) is 5.04. The topological polar surface area (TPSA) is 43.4 Å². The van der Waals surface area contributed by atoms with E-state index in [2.05, 4.69) is 6.58 Å². The second kappa shape index (κ2) is 5.85. The van der Waals surface area contributed by atoms with Crippen LogP contribution in [0, 0.1) is 0 Å². The van der Waals surface area contributed by atoms with Crippen LogP contribution in [0.3, 0.4) is 0 Å². The van der Waals surface area contributed by atoms with E-state index in [1.54, 1.807) is 12.1 Å². The first-order valence-corrected chi connectivity index (χ1v) is 5.04. The van der Waals surface area contributed by atoms with E-state index in [0.717, 1.165) is 11.8 Å². The van der Waals surface area contributed by atoms with E-state index in [1.165, 1.54) is 6.92 Å². The molecule has 0 heterocycles. The summed E-state index contributed by atoms with van der Waals surface area (Å²) >= 11 is 0. The van der Waals surface area contributed by atoms with E-state index in [-0.39, 0.29) is 5.78 Å². The summed E-state index contributed by atoms with van der Waals surface area (Å²) in [5.74, 6) is -0.332. The number of ether oxygens (including phenoxy) is 1. The zero-order valence-electron chi connectivity index (χ0n) is 9.23. The summed E-state index contributed by atoms with van der Waals surface area (Å²) in [5.41, 5.74) is 1.31. The summed E-state index contributed by atoms with van der Waals surface area (Å²) in [4.78, 5) is 22.4. The van der Waals surface area contributed by atoms with Crippen molar-refractivity contribution in [3.05, 3.63) is 48.2 Å². The van der Waals surface area contributed by atoms with Crippen LogP contribution in [0.25, 0.3) is 0 Å².